The summed E-state index contributed by atoms with van der Waals surface area (Å²) in [7, 11) is 0. The number of aryl methyl sites for hydroxylation is 1. The predicted molar refractivity (Wildman–Crippen MR) is 123 cm³/mol. The van der Waals surface area contributed by atoms with Crippen LogP contribution in [-0.2, 0) is 0 Å². The zero-order valence-corrected chi connectivity index (χ0v) is 17.7. The topological polar surface area (TPSA) is 95.1 Å². The van der Waals surface area contributed by atoms with Crippen LogP contribution in [-0.4, -0.2) is 25.7 Å². The maximum atomic E-state index is 13.3. The summed E-state index contributed by atoms with van der Waals surface area (Å²) in [5.41, 5.74) is 2.24. The highest BCUT2D eigenvalue weighted by atomic mass is 16.5. The Balaban J connectivity index is 1.44. The van der Waals surface area contributed by atoms with Crippen molar-refractivity contribution in [1.29, 1.82) is 0 Å². The van der Waals surface area contributed by atoms with Crippen molar-refractivity contribution in [2.45, 2.75) is 6.92 Å². The number of aromatic nitrogens is 4. The number of para-hydroxylation sites is 1. The van der Waals surface area contributed by atoms with Crippen molar-refractivity contribution in [3.63, 3.8) is 0 Å². The standard InChI is InChI=1S/C25H19N5O3/c1-17-10-11-22(32-17)24-21(16-30(29-24)19-7-3-2-4-8-19)25(31)28-18-6-5-9-20(14-18)33-23-15-26-12-13-27-23/h2-16H,1H3,(H,28,31). The maximum Gasteiger partial charge on any atom is 0.259 e. The van der Waals surface area contributed by atoms with Crippen LogP contribution in [0.5, 0.6) is 11.6 Å². The first-order chi connectivity index (χ1) is 16.2. The Morgan fingerprint density at radius 1 is 1.03 bits per heavy atom. The van der Waals surface area contributed by atoms with Gasteiger partial charge in [-0.2, -0.15) is 5.10 Å². The lowest BCUT2D eigenvalue weighted by Gasteiger charge is -2.08. The SMILES string of the molecule is Cc1ccc(-c2nn(-c3ccccc3)cc2C(=O)Nc2cccc(Oc3cnccn3)c2)o1. The average Bonchev–Trinajstić information content (AvgIpc) is 3.47. The lowest BCUT2D eigenvalue weighted by atomic mass is 10.2. The summed E-state index contributed by atoms with van der Waals surface area (Å²) in [6.45, 7) is 1.85. The molecule has 3 heterocycles. The highest BCUT2D eigenvalue weighted by Gasteiger charge is 2.21. The summed E-state index contributed by atoms with van der Waals surface area (Å²) in [6, 6.07) is 20.3. The van der Waals surface area contributed by atoms with Gasteiger partial charge in [0, 0.05) is 30.3 Å². The Morgan fingerprint density at radius 3 is 2.67 bits per heavy atom. The number of carbonyl (C=O) groups excluding carboxylic acids is 1. The monoisotopic (exact) mass is 437 g/mol. The molecular formula is C25H19N5O3. The lowest BCUT2D eigenvalue weighted by molar-refractivity contribution is 0.102. The van der Waals surface area contributed by atoms with Gasteiger partial charge in [-0.1, -0.05) is 24.3 Å². The van der Waals surface area contributed by atoms with E-state index >= 15 is 0 Å². The third kappa shape index (κ3) is 4.49. The minimum atomic E-state index is -0.321. The molecule has 0 fully saturated rings. The number of nitrogens with zero attached hydrogens (tertiary/aromatic N) is 4. The van der Waals surface area contributed by atoms with Gasteiger partial charge in [-0.25, -0.2) is 9.67 Å². The molecule has 8 heteroatoms. The molecule has 0 aliphatic carbocycles. The highest BCUT2D eigenvalue weighted by molar-refractivity contribution is 6.07. The zero-order chi connectivity index (χ0) is 22.6. The second-order valence-electron chi connectivity index (χ2n) is 7.21. The second kappa shape index (κ2) is 8.80. The van der Waals surface area contributed by atoms with Crippen molar-refractivity contribution < 1.29 is 13.9 Å². The van der Waals surface area contributed by atoms with Gasteiger partial charge in [0.05, 0.1) is 17.4 Å². The average molecular weight is 437 g/mol. The van der Waals surface area contributed by atoms with Crippen LogP contribution in [0.2, 0.25) is 0 Å². The lowest BCUT2D eigenvalue weighted by Crippen LogP contribution is -2.12. The molecule has 3 aromatic heterocycles. The van der Waals surface area contributed by atoms with Gasteiger partial charge in [0.25, 0.3) is 5.91 Å². The van der Waals surface area contributed by atoms with E-state index in [-0.39, 0.29) is 5.91 Å². The van der Waals surface area contributed by atoms with Crippen molar-refractivity contribution in [3.05, 3.63) is 103 Å². The first-order valence-electron chi connectivity index (χ1n) is 10.2. The first kappa shape index (κ1) is 20.2. The number of hydrogen-bond acceptors (Lipinski definition) is 6. The number of nitrogens with one attached hydrogen (secondary N) is 1. The number of carbonyl (C=O) groups is 1. The van der Waals surface area contributed by atoms with Gasteiger partial charge >= 0.3 is 0 Å². The summed E-state index contributed by atoms with van der Waals surface area (Å²) in [6.07, 6.45) is 6.32. The van der Waals surface area contributed by atoms with E-state index in [1.165, 1.54) is 6.20 Å². The van der Waals surface area contributed by atoms with Crippen molar-refractivity contribution in [2.75, 3.05) is 5.32 Å². The Morgan fingerprint density at radius 2 is 1.91 bits per heavy atom. The molecule has 0 bridgehead atoms. The number of anilines is 1. The number of benzene rings is 2. The van der Waals surface area contributed by atoms with Crippen molar-refractivity contribution >= 4 is 11.6 Å². The van der Waals surface area contributed by atoms with Crippen LogP contribution in [0.4, 0.5) is 5.69 Å². The summed E-state index contributed by atoms with van der Waals surface area (Å²) >= 11 is 0. The minimum Gasteiger partial charge on any atom is -0.460 e. The molecule has 1 amide bonds. The molecule has 0 saturated carbocycles. The Labute approximate surface area is 189 Å². The second-order valence-corrected chi connectivity index (χ2v) is 7.21. The summed E-state index contributed by atoms with van der Waals surface area (Å²) < 4.78 is 13.1. The molecule has 0 atom stereocenters. The number of ether oxygens (including phenoxy) is 1. The van der Waals surface area contributed by atoms with E-state index in [2.05, 4.69) is 20.4 Å². The molecule has 0 radical (unpaired) electrons. The van der Waals surface area contributed by atoms with Crippen LogP contribution >= 0.6 is 0 Å². The molecule has 33 heavy (non-hydrogen) atoms. The van der Waals surface area contributed by atoms with Gasteiger partial charge in [-0.15, -0.1) is 0 Å². The molecular weight excluding hydrogens is 418 g/mol. The molecule has 2 aromatic carbocycles. The predicted octanol–water partition coefficient (Wildman–Crippen LogP) is 5.28. The quantitative estimate of drug-likeness (QED) is 0.389. The van der Waals surface area contributed by atoms with Gasteiger partial charge in [-0.3, -0.25) is 9.78 Å². The fourth-order valence-corrected chi connectivity index (χ4v) is 3.29. The number of furan rings is 1. The van der Waals surface area contributed by atoms with Crippen LogP contribution in [0.15, 0.2) is 95.9 Å². The van der Waals surface area contributed by atoms with Gasteiger partial charge in [0.1, 0.15) is 17.2 Å². The third-order valence-electron chi connectivity index (χ3n) is 4.81. The van der Waals surface area contributed by atoms with E-state index in [1.807, 2.05) is 43.3 Å². The Kier molecular flexibility index (Phi) is 5.38. The summed E-state index contributed by atoms with van der Waals surface area (Å²) in [5, 5.41) is 7.54. The van der Waals surface area contributed by atoms with Gasteiger partial charge in [-0.05, 0) is 43.3 Å². The van der Waals surface area contributed by atoms with Crippen LogP contribution in [0.3, 0.4) is 0 Å². The van der Waals surface area contributed by atoms with E-state index in [1.54, 1.807) is 53.6 Å². The molecule has 0 aliphatic heterocycles. The largest absolute Gasteiger partial charge is 0.460 e. The first-order valence-corrected chi connectivity index (χ1v) is 10.2. The van der Waals surface area contributed by atoms with Crippen molar-refractivity contribution in [1.82, 2.24) is 19.7 Å². The van der Waals surface area contributed by atoms with E-state index < -0.39 is 0 Å². The summed E-state index contributed by atoms with van der Waals surface area (Å²) in [5.74, 6) is 1.82. The fourth-order valence-electron chi connectivity index (χ4n) is 3.29. The third-order valence-corrected chi connectivity index (χ3v) is 4.81. The normalized spacial score (nSPS) is 10.7. The number of amides is 1. The fraction of sp³-hybridized carbons (Fsp3) is 0.0400. The molecule has 1 N–H and O–H groups in total. The van der Waals surface area contributed by atoms with Gasteiger partial charge < -0.3 is 14.5 Å². The van der Waals surface area contributed by atoms with Crippen LogP contribution in [0.25, 0.3) is 17.1 Å². The van der Waals surface area contributed by atoms with Gasteiger partial charge in [0.2, 0.25) is 5.88 Å². The number of rotatable bonds is 6. The molecule has 162 valence electrons. The molecule has 0 saturated heterocycles. The highest BCUT2D eigenvalue weighted by Crippen LogP contribution is 2.27. The summed E-state index contributed by atoms with van der Waals surface area (Å²) in [4.78, 5) is 21.3. The van der Waals surface area contributed by atoms with Gasteiger partial charge in [0.15, 0.2) is 5.76 Å². The molecule has 0 unspecified atom stereocenters. The molecule has 0 aliphatic rings. The smallest absolute Gasteiger partial charge is 0.259 e. The Hall–Kier alpha value is -4.72. The van der Waals surface area contributed by atoms with E-state index in [9.17, 15) is 4.79 Å². The van der Waals surface area contributed by atoms with Crippen molar-refractivity contribution in [2.24, 2.45) is 0 Å². The van der Waals surface area contributed by atoms with Crippen LogP contribution < -0.4 is 10.1 Å². The van der Waals surface area contributed by atoms with E-state index in [0.29, 0.717) is 34.3 Å². The Bertz CT molecular complexity index is 1390. The van der Waals surface area contributed by atoms with E-state index in [4.69, 9.17) is 9.15 Å². The molecule has 8 nitrogen and oxygen atoms in total. The van der Waals surface area contributed by atoms with Crippen molar-refractivity contribution in [3.8, 4) is 28.8 Å². The zero-order valence-electron chi connectivity index (χ0n) is 17.7. The van der Waals surface area contributed by atoms with Crippen LogP contribution in [0, 0.1) is 6.92 Å². The number of hydrogen-bond donors (Lipinski definition) is 1. The molecule has 5 aromatic rings. The molecule has 0 spiro atoms. The maximum absolute atomic E-state index is 13.3. The van der Waals surface area contributed by atoms with Crippen LogP contribution in [0.1, 0.15) is 16.1 Å². The van der Waals surface area contributed by atoms with E-state index in [0.717, 1.165) is 11.4 Å². The molecule has 5 rings (SSSR count). The minimum absolute atomic E-state index is 0.321.